The van der Waals surface area contributed by atoms with Gasteiger partial charge in [0, 0.05) is 18.8 Å². The standard InChI is InChI=1S/C15H25ClN4O/c1-5-7-8-19-11(4)10(3)13-14(15(19)16)20(17)12(18-13)9-21-6-2/h12H,5-9,17H2,1-4H3. The van der Waals surface area contributed by atoms with Gasteiger partial charge in [0.1, 0.15) is 10.9 Å². The van der Waals surface area contributed by atoms with Gasteiger partial charge >= 0.3 is 0 Å². The Labute approximate surface area is 132 Å². The van der Waals surface area contributed by atoms with Crippen LogP contribution in [-0.4, -0.2) is 41.5 Å². The summed E-state index contributed by atoms with van der Waals surface area (Å²) in [7, 11) is 0. The van der Waals surface area contributed by atoms with Crippen LogP contribution in [0.4, 0.5) is 0 Å². The zero-order chi connectivity index (χ0) is 15.6. The summed E-state index contributed by atoms with van der Waals surface area (Å²) in [5.41, 5.74) is 4.01. The van der Waals surface area contributed by atoms with Crippen LogP contribution in [0.25, 0.3) is 0 Å². The number of nitrogens with two attached hydrogens (primary N) is 1. The second kappa shape index (κ2) is 6.81. The normalized spacial score (nSPS) is 22.2. The number of hydrazine groups is 1. The highest BCUT2D eigenvalue weighted by Gasteiger charge is 2.37. The lowest BCUT2D eigenvalue weighted by Crippen LogP contribution is -2.41. The van der Waals surface area contributed by atoms with Gasteiger partial charge in [0.05, 0.1) is 12.3 Å². The molecule has 21 heavy (non-hydrogen) atoms. The van der Waals surface area contributed by atoms with Crippen molar-refractivity contribution in [3.8, 4) is 0 Å². The van der Waals surface area contributed by atoms with Gasteiger partial charge in [-0.3, -0.25) is 10.0 Å². The van der Waals surface area contributed by atoms with Crippen molar-refractivity contribution in [2.75, 3.05) is 19.8 Å². The van der Waals surface area contributed by atoms with Crippen molar-refractivity contribution in [2.45, 2.75) is 46.7 Å². The number of unbranched alkanes of at least 4 members (excludes halogenated alkanes) is 1. The second-order valence-electron chi connectivity index (χ2n) is 5.38. The Bertz CT molecular complexity index is 498. The number of allylic oxidation sites excluding steroid dienone is 2. The van der Waals surface area contributed by atoms with Crippen LogP contribution in [0, 0.1) is 0 Å². The van der Waals surface area contributed by atoms with Crippen LogP contribution in [0.2, 0.25) is 0 Å². The van der Waals surface area contributed by atoms with E-state index in [1.807, 2.05) is 6.92 Å². The summed E-state index contributed by atoms with van der Waals surface area (Å²) in [6.45, 7) is 10.3. The molecule has 1 unspecified atom stereocenters. The van der Waals surface area contributed by atoms with Gasteiger partial charge in [-0.05, 0) is 32.8 Å². The highest BCUT2D eigenvalue weighted by Crippen LogP contribution is 2.36. The zero-order valence-electron chi connectivity index (χ0n) is 13.3. The summed E-state index contributed by atoms with van der Waals surface area (Å²) < 4.78 is 5.46. The van der Waals surface area contributed by atoms with Crippen molar-refractivity contribution in [3.63, 3.8) is 0 Å². The first kappa shape index (κ1) is 16.3. The Morgan fingerprint density at radius 2 is 2.05 bits per heavy atom. The number of fused-ring (bicyclic) bond motifs is 1. The van der Waals surface area contributed by atoms with Crippen LogP contribution in [0.15, 0.2) is 27.1 Å². The van der Waals surface area contributed by atoms with E-state index < -0.39 is 0 Å². The number of nitrogens with zero attached hydrogens (tertiary/aromatic N) is 3. The molecule has 0 aromatic rings. The zero-order valence-corrected chi connectivity index (χ0v) is 14.1. The van der Waals surface area contributed by atoms with Crippen molar-refractivity contribution in [1.29, 1.82) is 0 Å². The van der Waals surface area contributed by atoms with E-state index in [0.29, 0.717) is 18.4 Å². The maximum Gasteiger partial charge on any atom is 0.159 e. The third-order valence-corrected chi connectivity index (χ3v) is 4.41. The van der Waals surface area contributed by atoms with E-state index >= 15 is 0 Å². The first-order valence-electron chi connectivity index (χ1n) is 7.57. The largest absolute Gasteiger partial charge is 0.378 e. The summed E-state index contributed by atoms with van der Waals surface area (Å²) in [5, 5.41) is 2.31. The molecule has 0 aliphatic carbocycles. The monoisotopic (exact) mass is 312 g/mol. The van der Waals surface area contributed by atoms with Crippen molar-refractivity contribution in [3.05, 3.63) is 22.1 Å². The lowest BCUT2D eigenvalue weighted by molar-refractivity contribution is 0.0914. The van der Waals surface area contributed by atoms with E-state index in [2.05, 4.69) is 25.7 Å². The van der Waals surface area contributed by atoms with E-state index in [4.69, 9.17) is 27.2 Å². The van der Waals surface area contributed by atoms with Crippen LogP contribution >= 0.6 is 11.6 Å². The fourth-order valence-electron chi connectivity index (χ4n) is 2.59. The van der Waals surface area contributed by atoms with Crippen LogP contribution in [0.3, 0.4) is 0 Å². The fourth-order valence-corrected chi connectivity index (χ4v) is 2.99. The smallest absolute Gasteiger partial charge is 0.159 e. The van der Waals surface area contributed by atoms with Gasteiger partial charge in [-0.1, -0.05) is 24.9 Å². The van der Waals surface area contributed by atoms with Crippen molar-refractivity contribution in [1.82, 2.24) is 9.91 Å². The van der Waals surface area contributed by atoms with Gasteiger partial charge < -0.3 is 9.64 Å². The average Bonchev–Trinajstić information content (AvgIpc) is 2.80. The Morgan fingerprint density at radius 3 is 2.67 bits per heavy atom. The molecule has 6 heteroatoms. The maximum absolute atomic E-state index is 6.60. The van der Waals surface area contributed by atoms with E-state index in [0.717, 1.165) is 42.1 Å². The summed E-state index contributed by atoms with van der Waals surface area (Å²) >= 11 is 6.60. The molecule has 0 saturated carbocycles. The molecule has 2 aliphatic rings. The van der Waals surface area contributed by atoms with E-state index in [-0.39, 0.29) is 6.17 Å². The van der Waals surface area contributed by atoms with Crippen molar-refractivity contribution >= 4 is 17.3 Å². The Balaban J connectivity index is 2.32. The third kappa shape index (κ3) is 2.96. The molecule has 2 heterocycles. The average molecular weight is 313 g/mol. The molecular formula is C15H25ClN4O. The highest BCUT2D eigenvalue weighted by molar-refractivity contribution is 6.34. The summed E-state index contributed by atoms with van der Waals surface area (Å²) in [5.74, 6) is 6.21. The molecule has 0 saturated heterocycles. The quantitative estimate of drug-likeness (QED) is 0.605. The number of halogens is 1. The predicted octanol–water partition coefficient (Wildman–Crippen LogP) is 2.80. The molecule has 0 fully saturated rings. The van der Waals surface area contributed by atoms with Gasteiger partial charge in [-0.25, -0.2) is 5.84 Å². The Morgan fingerprint density at radius 1 is 1.33 bits per heavy atom. The maximum atomic E-state index is 6.60. The molecule has 118 valence electrons. The van der Waals surface area contributed by atoms with Gasteiger partial charge in [0.15, 0.2) is 6.17 Å². The predicted molar refractivity (Wildman–Crippen MR) is 86.6 cm³/mol. The molecular weight excluding hydrogens is 288 g/mol. The van der Waals surface area contributed by atoms with Gasteiger partial charge in [-0.15, -0.1) is 0 Å². The SMILES string of the molecule is CCCCN1C(C)=C(C)C2=NC(COCC)N(N)C2=C1Cl. The molecule has 0 aromatic heterocycles. The van der Waals surface area contributed by atoms with Gasteiger partial charge in [0.2, 0.25) is 0 Å². The Kier molecular flexibility index (Phi) is 5.30. The molecule has 2 N–H and O–H groups in total. The van der Waals surface area contributed by atoms with Crippen LogP contribution < -0.4 is 5.84 Å². The Hall–Kier alpha value is -1.04. The number of hydrogen-bond donors (Lipinski definition) is 1. The van der Waals surface area contributed by atoms with Gasteiger partial charge in [0.25, 0.3) is 0 Å². The molecule has 0 aromatic carbocycles. The minimum Gasteiger partial charge on any atom is -0.378 e. The molecule has 0 radical (unpaired) electrons. The number of rotatable bonds is 6. The number of aliphatic imine (C=N–C) groups is 1. The van der Waals surface area contributed by atoms with E-state index in [9.17, 15) is 0 Å². The van der Waals surface area contributed by atoms with E-state index in [1.54, 1.807) is 5.01 Å². The molecule has 2 aliphatic heterocycles. The van der Waals surface area contributed by atoms with Crippen molar-refractivity contribution in [2.24, 2.45) is 10.8 Å². The van der Waals surface area contributed by atoms with Crippen LogP contribution in [0.1, 0.15) is 40.5 Å². The molecule has 0 amide bonds. The molecule has 1 atom stereocenters. The molecule has 0 spiro atoms. The first-order valence-corrected chi connectivity index (χ1v) is 7.95. The molecule has 2 rings (SSSR count). The topological polar surface area (TPSA) is 54.1 Å². The van der Waals surface area contributed by atoms with Crippen LogP contribution in [0.5, 0.6) is 0 Å². The lowest BCUT2D eigenvalue weighted by atomic mass is 10.0. The van der Waals surface area contributed by atoms with Crippen molar-refractivity contribution < 1.29 is 4.74 Å². The highest BCUT2D eigenvalue weighted by atomic mass is 35.5. The molecule has 0 bridgehead atoms. The van der Waals surface area contributed by atoms with Crippen LogP contribution in [-0.2, 0) is 4.74 Å². The third-order valence-electron chi connectivity index (χ3n) is 4.02. The second-order valence-corrected chi connectivity index (χ2v) is 5.74. The fraction of sp³-hybridized carbons (Fsp3) is 0.667. The lowest BCUT2D eigenvalue weighted by Gasteiger charge is -2.33. The molecule has 5 nitrogen and oxygen atoms in total. The van der Waals surface area contributed by atoms with E-state index in [1.165, 1.54) is 0 Å². The number of hydrogen-bond acceptors (Lipinski definition) is 5. The minimum absolute atomic E-state index is 0.197. The minimum atomic E-state index is -0.197. The summed E-state index contributed by atoms with van der Waals surface area (Å²) in [4.78, 5) is 6.83. The summed E-state index contributed by atoms with van der Waals surface area (Å²) in [6.07, 6.45) is 2.02. The summed E-state index contributed by atoms with van der Waals surface area (Å²) in [6, 6.07) is 0. The first-order chi connectivity index (χ1) is 10.0. The van der Waals surface area contributed by atoms with Gasteiger partial charge in [-0.2, -0.15) is 0 Å². The number of ether oxygens (including phenoxy) is 1.